The van der Waals surface area contributed by atoms with Crippen molar-refractivity contribution >= 4 is 44.6 Å². The summed E-state index contributed by atoms with van der Waals surface area (Å²) in [7, 11) is -3.30. The highest BCUT2D eigenvalue weighted by molar-refractivity contribution is 7.92. The van der Waals surface area contributed by atoms with E-state index in [0.29, 0.717) is 47.2 Å². The summed E-state index contributed by atoms with van der Waals surface area (Å²) in [5.41, 5.74) is 2.86. The van der Waals surface area contributed by atoms with Crippen molar-refractivity contribution in [3.8, 4) is 0 Å². The Bertz CT molecular complexity index is 1270. The van der Waals surface area contributed by atoms with Crippen molar-refractivity contribution in [2.24, 2.45) is 0 Å². The first-order chi connectivity index (χ1) is 15.8. The van der Waals surface area contributed by atoms with Crippen LogP contribution < -0.4 is 14.9 Å². The second-order valence-electron chi connectivity index (χ2n) is 7.77. The molecule has 0 spiro atoms. The summed E-state index contributed by atoms with van der Waals surface area (Å²) in [5.74, 6) is -0.506. The highest BCUT2D eigenvalue weighted by atomic mass is 35.5. The SMILES string of the molecule is O=C(Nc1ccc(Cl)c(NCc2cccc(F)c2)c1)c1ccc(N2CCCCS2(=O)=O)cc1. The molecule has 172 valence electrons. The number of nitrogens with one attached hydrogen (secondary N) is 2. The molecule has 1 amide bonds. The van der Waals surface area contributed by atoms with Crippen LogP contribution in [0, 0.1) is 5.82 Å². The molecule has 33 heavy (non-hydrogen) atoms. The average molecular weight is 488 g/mol. The molecule has 0 unspecified atom stereocenters. The molecule has 1 heterocycles. The molecule has 1 fully saturated rings. The summed E-state index contributed by atoms with van der Waals surface area (Å²) in [6.07, 6.45) is 1.48. The van der Waals surface area contributed by atoms with E-state index < -0.39 is 10.0 Å². The molecule has 3 aromatic carbocycles. The van der Waals surface area contributed by atoms with Crippen molar-refractivity contribution in [3.05, 3.63) is 88.7 Å². The summed E-state index contributed by atoms with van der Waals surface area (Å²) in [4.78, 5) is 12.7. The standard InChI is InChI=1S/C24H23ClFN3O3S/c25-22-11-8-20(15-23(22)27-16-17-4-3-5-19(26)14-17)28-24(30)18-6-9-21(10-7-18)29-12-1-2-13-33(29,31)32/h3-11,14-15,27H,1-2,12-13,16H2,(H,28,30). The minimum absolute atomic E-state index is 0.140. The lowest BCUT2D eigenvalue weighted by atomic mass is 10.1. The van der Waals surface area contributed by atoms with E-state index in [9.17, 15) is 17.6 Å². The van der Waals surface area contributed by atoms with Gasteiger partial charge < -0.3 is 10.6 Å². The zero-order chi connectivity index (χ0) is 23.4. The van der Waals surface area contributed by atoms with Crippen molar-refractivity contribution in [1.82, 2.24) is 0 Å². The highest BCUT2D eigenvalue weighted by Crippen LogP contribution is 2.27. The Kier molecular flexibility index (Phi) is 6.85. The monoisotopic (exact) mass is 487 g/mol. The molecule has 3 aromatic rings. The lowest BCUT2D eigenvalue weighted by Gasteiger charge is -2.28. The van der Waals surface area contributed by atoms with Crippen molar-refractivity contribution in [3.63, 3.8) is 0 Å². The molecule has 0 aromatic heterocycles. The number of halogens is 2. The first kappa shape index (κ1) is 23.1. The Balaban J connectivity index is 1.43. The predicted octanol–water partition coefficient (Wildman–Crippen LogP) is 5.27. The van der Waals surface area contributed by atoms with Crippen molar-refractivity contribution in [2.45, 2.75) is 19.4 Å². The summed E-state index contributed by atoms with van der Waals surface area (Å²) < 4.78 is 39.3. The number of carbonyl (C=O) groups is 1. The van der Waals surface area contributed by atoms with Crippen LogP contribution in [-0.4, -0.2) is 26.6 Å². The summed E-state index contributed by atoms with van der Waals surface area (Å²) in [5, 5.41) is 6.44. The molecule has 1 aliphatic heterocycles. The van der Waals surface area contributed by atoms with Crippen molar-refractivity contribution in [2.75, 3.05) is 27.2 Å². The fraction of sp³-hybridized carbons (Fsp3) is 0.208. The molecule has 0 aliphatic carbocycles. The van der Waals surface area contributed by atoms with Gasteiger partial charge in [-0.2, -0.15) is 0 Å². The predicted molar refractivity (Wildman–Crippen MR) is 130 cm³/mol. The number of hydrogen-bond donors (Lipinski definition) is 2. The van der Waals surface area contributed by atoms with E-state index >= 15 is 0 Å². The fourth-order valence-electron chi connectivity index (χ4n) is 3.64. The molecule has 1 aliphatic rings. The molecule has 6 nitrogen and oxygen atoms in total. The normalized spacial score (nSPS) is 15.2. The van der Waals surface area contributed by atoms with Crippen LogP contribution in [0.1, 0.15) is 28.8 Å². The van der Waals surface area contributed by atoms with E-state index in [1.54, 1.807) is 54.6 Å². The van der Waals surface area contributed by atoms with Crippen LogP contribution in [0.15, 0.2) is 66.7 Å². The van der Waals surface area contributed by atoms with E-state index in [2.05, 4.69) is 10.6 Å². The minimum Gasteiger partial charge on any atom is -0.380 e. The molecule has 9 heteroatoms. The van der Waals surface area contributed by atoms with E-state index in [1.165, 1.54) is 16.4 Å². The quantitative estimate of drug-likeness (QED) is 0.496. The zero-order valence-corrected chi connectivity index (χ0v) is 19.3. The van der Waals surface area contributed by atoms with Gasteiger partial charge in [0.1, 0.15) is 5.82 Å². The summed E-state index contributed by atoms with van der Waals surface area (Å²) in [6.45, 7) is 0.819. The third kappa shape index (κ3) is 5.64. The van der Waals surface area contributed by atoms with Crippen LogP contribution in [-0.2, 0) is 16.6 Å². The smallest absolute Gasteiger partial charge is 0.255 e. The topological polar surface area (TPSA) is 78.5 Å². The number of nitrogens with zero attached hydrogens (tertiary/aromatic N) is 1. The zero-order valence-electron chi connectivity index (χ0n) is 17.7. The van der Waals surface area contributed by atoms with E-state index in [-0.39, 0.29) is 17.5 Å². The van der Waals surface area contributed by atoms with Crippen LogP contribution in [0.25, 0.3) is 0 Å². The van der Waals surface area contributed by atoms with Gasteiger partial charge in [0.15, 0.2) is 0 Å². The molecule has 1 saturated heterocycles. The van der Waals surface area contributed by atoms with Gasteiger partial charge in [-0.3, -0.25) is 9.10 Å². The molecular weight excluding hydrogens is 465 g/mol. The number of anilines is 3. The Labute approximate surface area is 197 Å². The van der Waals surface area contributed by atoms with Gasteiger partial charge in [0.2, 0.25) is 10.0 Å². The summed E-state index contributed by atoms with van der Waals surface area (Å²) >= 11 is 6.26. The lowest BCUT2D eigenvalue weighted by Crippen LogP contribution is -2.37. The lowest BCUT2D eigenvalue weighted by molar-refractivity contribution is 0.102. The number of benzene rings is 3. The van der Waals surface area contributed by atoms with Crippen LogP contribution in [0.5, 0.6) is 0 Å². The second-order valence-corrected chi connectivity index (χ2v) is 10.2. The third-order valence-electron chi connectivity index (χ3n) is 5.36. The average Bonchev–Trinajstić information content (AvgIpc) is 2.79. The Morgan fingerprint density at radius 3 is 2.55 bits per heavy atom. The molecular formula is C24H23ClFN3O3S. The molecule has 0 atom stereocenters. The van der Waals surface area contributed by atoms with E-state index in [4.69, 9.17) is 11.6 Å². The third-order valence-corrected chi connectivity index (χ3v) is 7.56. The fourth-order valence-corrected chi connectivity index (χ4v) is 5.47. The van der Waals surface area contributed by atoms with Gasteiger partial charge in [-0.15, -0.1) is 0 Å². The van der Waals surface area contributed by atoms with Crippen molar-refractivity contribution < 1.29 is 17.6 Å². The number of carbonyl (C=O) groups excluding carboxylic acids is 1. The minimum atomic E-state index is -3.30. The van der Waals surface area contributed by atoms with Gasteiger partial charge in [0, 0.05) is 24.3 Å². The number of rotatable bonds is 6. The van der Waals surface area contributed by atoms with Crippen LogP contribution >= 0.6 is 11.6 Å². The Morgan fingerprint density at radius 1 is 1.03 bits per heavy atom. The van der Waals surface area contributed by atoms with E-state index in [0.717, 1.165) is 12.0 Å². The molecule has 4 rings (SSSR count). The second kappa shape index (κ2) is 9.80. The molecule has 0 bridgehead atoms. The highest BCUT2D eigenvalue weighted by Gasteiger charge is 2.26. The first-order valence-corrected chi connectivity index (χ1v) is 12.5. The van der Waals surface area contributed by atoms with Gasteiger partial charge in [0.05, 0.1) is 22.2 Å². The largest absolute Gasteiger partial charge is 0.380 e. The van der Waals surface area contributed by atoms with Gasteiger partial charge in [-0.25, -0.2) is 12.8 Å². The first-order valence-electron chi connectivity index (χ1n) is 10.5. The maximum Gasteiger partial charge on any atom is 0.255 e. The van der Waals surface area contributed by atoms with Crippen LogP contribution in [0.4, 0.5) is 21.5 Å². The number of hydrogen-bond acceptors (Lipinski definition) is 4. The Morgan fingerprint density at radius 2 is 1.82 bits per heavy atom. The molecule has 0 radical (unpaired) electrons. The van der Waals surface area contributed by atoms with Crippen LogP contribution in [0.2, 0.25) is 5.02 Å². The maximum atomic E-state index is 13.4. The molecule has 0 saturated carbocycles. The van der Waals surface area contributed by atoms with Gasteiger partial charge in [-0.05, 0) is 73.0 Å². The van der Waals surface area contributed by atoms with Crippen LogP contribution in [0.3, 0.4) is 0 Å². The van der Waals surface area contributed by atoms with Gasteiger partial charge in [-0.1, -0.05) is 23.7 Å². The number of amides is 1. The number of sulfonamides is 1. The summed E-state index contributed by atoms with van der Waals surface area (Å²) in [6, 6.07) is 17.8. The van der Waals surface area contributed by atoms with E-state index in [1.807, 2.05) is 0 Å². The van der Waals surface area contributed by atoms with Gasteiger partial charge >= 0.3 is 0 Å². The van der Waals surface area contributed by atoms with Gasteiger partial charge in [0.25, 0.3) is 5.91 Å². The van der Waals surface area contributed by atoms with Crippen molar-refractivity contribution in [1.29, 1.82) is 0 Å². The molecule has 2 N–H and O–H groups in total. The Hall–Kier alpha value is -3.10. The maximum absolute atomic E-state index is 13.4.